The number of hydrogen-bond donors (Lipinski definition) is 0. The van der Waals surface area contributed by atoms with Crippen LogP contribution in [0.4, 0.5) is 0 Å². The van der Waals surface area contributed by atoms with Crippen molar-refractivity contribution in [2.45, 2.75) is 101 Å². The zero-order chi connectivity index (χ0) is 23.4. The van der Waals surface area contributed by atoms with Gasteiger partial charge in [0, 0.05) is 24.2 Å². The molecule has 0 radical (unpaired) electrons. The Hall–Kier alpha value is -0.430. The summed E-state index contributed by atoms with van der Waals surface area (Å²) in [6, 6.07) is 0.712. The van der Waals surface area contributed by atoms with Crippen molar-refractivity contribution in [2.24, 2.45) is 0 Å². The minimum atomic E-state index is -3.30. The highest BCUT2D eigenvalue weighted by Crippen LogP contribution is 2.48. The highest BCUT2D eigenvalue weighted by Gasteiger charge is 2.32. The first-order valence-corrected chi connectivity index (χ1v) is 13.2. The second-order valence-corrected chi connectivity index (χ2v) is 10.3. The number of alkyl halides is 1. The molecule has 0 spiro atoms. The standard InChI is InChI=1S/C12H26NO4P.C8H16BrNO.CH4/c1-7-16-18(15,17-8-2)9-12(14)13(10(3)4)11(5)6;1-6(2)10(7(3)4)8(11)5-9;/h10-11H,7-9H2,1-6H3;6-7H,5H2,1-4H3;1H4. The van der Waals surface area contributed by atoms with Gasteiger partial charge in [-0.1, -0.05) is 23.4 Å². The number of nitrogens with zero attached hydrogens (tertiary/aromatic N) is 2. The van der Waals surface area contributed by atoms with Gasteiger partial charge in [0.1, 0.15) is 6.16 Å². The third kappa shape index (κ3) is 13.1. The van der Waals surface area contributed by atoms with Gasteiger partial charge in [-0.3, -0.25) is 14.2 Å². The van der Waals surface area contributed by atoms with E-state index in [0.29, 0.717) is 17.4 Å². The van der Waals surface area contributed by atoms with Crippen LogP contribution in [0.5, 0.6) is 0 Å². The first kappa shape index (κ1) is 34.2. The molecule has 30 heavy (non-hydrogen) atoms. The van der Waals surface area contributed by atoms with Crippen LogP contribution in [0.2, 0.25) is 0 Å². The van der Waals surface area contributed by atoms with Gasteiger partial charge in [-0.2, -0.15) is 0 Å². The van der Waals surface area contributed by atoms with E-state index in [2.05, 4.69) is 15.9 Å². The SMILES string of the molecule is C.CC(C)N(C(=O)CBr)C(C)C.CCOP(=O)(CC(=O)N(C(C)C)C(C)C)OCC. The molecule has 0 aromatic rings. The second-order valence-electron chi connectivity index (χ2n) is 7.72. The van der Waals surface area contributed by atoms with E-state index >= 15 is 0 Å². The first-order valence-electron chi connectivity index (χ1n) is 10.3. The van der Waals surface area contributed by atoms with E-state index in [4.69, 9.17) is 9.05 Å². The maximum atomic E-state index is 12.3. The number of rotatable bonds is 11. The van der Waals surface area contributed by atoms with E-state index in [1.165, 1.54) is 0 Å². The third-order valence-corrected chi connectivity index (χ3v) is 6.34. The summed E-state index contributed by atoms with van der Waals surface area (Å²) in [4.78, 5) is 27.0. The Bertz CT molecular complexity index is 502. The maximum Gasteiger partial charge on any atom is 0.340 e. The van der Waals surface area contributed by atoms with Crippen molar-refractivity contribution in [3.63, 3.8) is 0 Å². The minimum absolute atomic E-state index is 0. The van der Waals surface area contributed by atoms with Gasteiger partial charge in [-0.25, -0.2) is 0 Å². The van der Waals surface area contributed by atoms with Crippen LogP contribution in [0.3, 0.4) is 0 Å². The fraction of sp³-hybridized carbons (Fsp3) is 0.905. The summed E-state index contributed by atoms with van der Waals surface area (Å²) in [6.45, 7) is 19.9. The predicted molar refractivity (Wildman–Crippen MR) is 130 cm³/mol. The van der Waals surface area contributed by atoms with Gasteiger partial charge in [0.2, 0.25) is 11.8 Å². The molecular weight excluding hydrogens is 471 g/mol. The Morgan fingerprint density at radius 2 is 1.07 bits per heavy atom. The molecule has 0 heterocycles. The molecule has 0 aromatic carbocycles. The molecule has 182 valence electrons. The van der Waals surface area contributed by atoms with Gasteiger partial charge in [0.15, 0.2) is 0 Å². The Morgan fingerprint density at radius 3 is 1.27 bits per heavy atom. The molecule has 2 amide bonds. The highest BCUT2D eigenvalue weighted by atomic mass is 79.9. The van der Waals surface area contributed by atoms with Crippen LogP contribution in [0.25, 0.3) is 0 Å². The Kier molecular flexibility index (Phi) is 19.6. The van der Waals surface area contributed by atoms with Gasteiger partial charge in [-0.15, -0.1) is 0 Å². The lowest BCUT2D eigenvalue weighted by Crippen LogP contribution is -2.43. The second kappa shape index (κ2) is 17.2. The van der Waals surface area contributed by atoms with Gasteiger partial charge >= 0.3 is 7.60 Å². The number of carbonyl (C=O) groups is 2. The van der Waals surface area contributed by atoms with Gasteiger partial charge in [0.25, 0.3) is 0 Å². The van der Waals surface area contributed by atoms with Gasteiger partial charge in [0.05, 0.1) is 18.5 Å². The Balaban J connectivity index is -0.000000525. The van der Waals surface area contributed by atoms with Crippen molar-refractivity contribution >= 4 is 35.3 Å². The van der Waals surface area contributed by atoms with Crippen molar-refractivity contribution < 1.29 is 23.2 Å². The molecule has 9 heteroatoms. The number of carbonyl (C=O) groups excluding carboxylic acids is 2. The number of amides is 2. The molecule has 0 saturated carbocycles. The fourth-order valence-corrected chi connectivity index (χ4v) is 5.01. The molecule has 0 aliphatic carbocycles. The quantitative estimate of drug-likeness (QED) is 0.265. The molecule has 0 atom stereocenters. The average molecular weight is 517 g/mol. The summed E-state index contributed by atoms with van der Waals surface area (Å²) in [7, 11) is -3.30. The fourth-order valence-electron chi connectivity index (χ4n) is 3.18. The molecule has 0 unspecified atom stereocenters. The van der Waals surface area contributed by atoms with Crippen molar-refractivity contribution in [3.8, 4) is 0 Å². The zero-order valence-corrected chi connectivity index (χ0v) is 22.4. The van der Waals surface area contributed by atoms with Crippen LogP contribution >= 0.6 is 23.5 Å². The van der Waals surface area contributed by atoms with Crippen molar-refractivity contribution in [1.82, 2.24) is 9.80 Å². The molecule has 0 saturated heterocycles. The van der Waals surface area contributed by atoms with Crippen LogP contribution < -0.4 is 0 Å². The monoisotopic (exact) mass is 516 g/mol. The smallest absolute Gasteiger partial charge is 0.337 e. The number of hydrogen-bond acceptors (Lipinski definition) is 5. The molecule has 7 nitrogen and oxygen atoms in total. The Morgan fingerprint density at radius 1 is 0.767 bits per heavy atom. The summed E-state index contributed by atoms with van der Waals surface area (Å²) < 4.78 is 22.6. The summed E-state index contributed by atoms with van der Waals surface area (Å²) in [5, 5.41) is 0.420. The van der Waals surface area contributed by atoms with Crippen LogP contribution in [0.1, 0.15) is 76.7 Å². The van der Waals surface area contributed by atoms with Crippen LogP contribution in [0.15, 0.2) is 0 Å². The van der Waals surface area contributed by atoms with E-state index in [-0.39, 0.29) is 50.7 Å². The molecule has 0 bridgehead atoms. The van der Waals surface area contributed by atoms with E-state index in [9.17, 15) is 14.2 Å². The summed E-state index contributed by atoms with van der Waals surface area (Å²) in [5.41, 5.74) is 0. The lowest BCUT2D eigenvalue weighted by molar-refractivity contribution is -0.132. The van der Waals surface area contributed by atoms with E-state index in [0.717, 1.165) is 0 Å². The van der Waals surface area contributed by atoms with E-state index in [1.807, 2.05) is 60.3 Å². The third-order valence-electron chi connectivity index (χ3n) is 3.90. The lowest BCUT2D eigenvalue weighted by Gasteiger charge is -2.31. The zero-order valence-electron chi connectivity index (χ0n) is 19.9. The molecule has 0 aliphatic rings. The van der Waals surface area contributed by atoms with Crippen molar-refractivity contribution in [3.05, 3.63) is 0 Å². The lowest BCUT2D eigenvalue weighted by atomic mass is 10.2. The van der Waals surface area contributed by atoms with Crippen molar-refractivity contribution in [1.29, 1.82) is 0 Å². The summed E-state index contributed by atoms with van der Waals surface area (Å²) >= 11 is 3.16. The van der Waals surface area contributed by atoms with Crippen LogP contribution in [0, 0.1) is 0 Å². The molecule has 0 rings (SSSR count). The highest BCUT2D eigenvalue weighted by molar-refractivity contribution is 9.09. The molecule has 0 aromatic heterocycles. The summed E-state index contributed by atoms with van der Waals surface area (Å²) in [5.74, 6) is -0.0276. The Labute approximate surface area is 193 Å². The largest absolute Gasteiger partial charge is 0.340 e. The van der Waals surface area contributed by atoms with Gasteiger partial charge < -0.3 is 18.8 Å². The minimum Gasteiger partial charge on any atom is -0.337 e. The van der Waals surface area contributed by atoms with E-state index < -0.39 is 7.60 Å². The van der Waals surface area contributed by atoms with E-state index in [1.54, 1.807) is 18.7 Å². The first-order chi connectivity index (χ1) is 13.3. The molecular formula is C21H46BrN2O5P. The molecule has 0 aliphatic heterocycles. The molecule has 0 fully saturated rings. The van der Waals surface area contributed by atoms with Crippen molar-refractivity contribution in [2.75, 3.05) is 24.7 Å². The predicted octanol–water partition coefficient (Wildman–Crippen LogP) is 5.56. The topological polar surface area (TPSA) is 76.2 Å². The number of halogens is 1. The normalized spacial score (nSPS) is 11.3. The molecule has 0 N–H and O–H groups in total. The van der Waals surface area contributed by atoms with Crippen LogP contribution in [-0.4, -0.2) is 70.5 Å². The van der Waals surface area contributed by atoms with Gasteiger partial charge in [-0.05, 0) is 69.2 Å². The average Bonchev–Trinajstić information content (AvgIpc) is 2.53. The summed E-state index contributed by atoms with van der Waals surface area (Å²) in [6.07, 6.45) is -0.189. The maximum absolute atomic E-state index is 12.3. The van der Waals surface area contributed by atoms with Crippen LogP contribution in [-0.2, 0) is 23.2 Å².